The van der Waals surface area contributed by atoms with Crippen molar-refractivity contribution in [3.05, 3.63) is 0 Å². The molecule has 7 heteroatoms. The molecule has 0 saturated heterocycles. The van der Waals surface area contributed by atoms with E-state index in [2.05, 4.69) is 98.8 Å². The third kappa shape index (κ3) is 15.2. The Morgan fingerprint density at radius 2 is 1.31 bits per heavy atom. The third-order valence-electron chi connectivity index (χ3n) is 8.29. The molecule has 0 spiro atoms. The van der Waals surface area contributed by atoms with Gasteiger partial charge in [-0.25, -0.2) is 0 Å². The minimum Gasteiger partial charge on any atom is -0.463 e. The Balaban J connectivity index is 4.67. The monoisotopic (exact) mass is 670 g/mol. The van der Waals surface area contributed by atoms with Gasteiger partial charge in [-0.05, 0) is 101 Å². The van der Waals surface area contributed by atoms with Crippen molar-refractivity contribution in [3.63, 3.8) is 0 Å². The zero-order valence-corrected chi connectivity index (χ0v) is 30.2. The molecule has 0 aromatic rings. The first-order chi connectivity index (χ1) is 17.4. The van der Waals surface area contributed by atoms with Crippen molar-refractivity contribution >= 4 is 28.6 Å². The van der Waals surface area contributed by atoms with E-state index in [1.165, 1.54) is 0 Å². The lowest BCUT2D eigenvalue weighted by atomic mass is 9.81. The number of halogens is 1. The van der Waals surface area contributed by atoms with Crippen LogP contribution in [0, 0.1) is 22.2 Å². The van der Waals surface area contributed by atoms with Gasteiger partial charge in [0.15, 0.2) is 0 Å². The maximum absolute atomic E-state index is 12.2. The highest BCUT2D eigenvalue weighted by molar-refractivity contribution is 14.1. The fourth-order valence-electron chi connectivity index (χ4n) is 3.94. The second-order valence-electron chi connectivity index (χ2n) is 14.7. The van der Waals surface area contributed by atoms with Gasteiger partial charge >= 0.3 is 5.97 Å². The maximum atomic E-state index is 12.2. The first-order valence-electron chi connectivity index (χ1n) is 14.8. The molecule has 0 N–H and O–H groups in total. The zero-order valence-electron chi connectivity index (χ0n) is 28.1. The van der Waals surface area contributed by atoms with Crippen LogP contribution in [0.3, 0.4) is 0 Å². The van der Waals surface area contributed by atoms with Crippen LogP contribution in [0.2, 0.25) is 0 Å². The van der Waals surface area contributed by atoms with Gasteiger partial charge in [-0.3, -0.25) is 4.79 Å². The molecule has 6 nitrogen and oxygen atoms in total. The van der Waals surface area contributed by atoms with E-state index in [1.54, 1.807) is 0 Å². The summed E-state index contributed by atoms with van der Waals surface area (Å²) in [7, 11) is 0. The van der Waals surface area contributed by atoms with Crippen molar-refractivity contribution in [3.8, 4) is 0 Å². The molecule has 0 amide bonds. The summed E-state index contributed by atoms with van der Waals surface area (Å²) in [5, 5.41) is 0. The van der Waals surface area contributed by atoms with Crippen LogP contribution in [-0.4, -0.2) is 59.9 Å². The van der Waals surface area contributed by atoms with Crippen molar-refractivity contribution in [2.24, 2.45) is 22.2 Å². The van der Waals surface area contributed by atoms with Gasteiger partial charge in [-0.15, -0.1) is 0 Å². The molecule has 4 atom stereocenters. The molecule has 0 saturated carbocycles. The summed E-state index contributed by atoms with van der Waals surface area (Å²) in [4.78, 5) is 12.2. The number of rotatable bonds is 19. The molecular formula is C32H63IO6. The number of hydrogen-bond acceptors (Lipinski definition) is 6. The first kappa shape index (κ1) is 39.0. The fourth-order valence-corrected chi connectivity index (χ4v) is 4.38. The predicted molar refractivity (Wildman–Crippen MR) is 170 cm³/mol. The fraction of sp³-hybridized carbons (Fsp3) is 0.969. The van der Waals surface area contributed by atoms with E-state index in [9.17, 15) is 4.79 Å². The number of hydrogen-bond donors (Lipinski definition) is 0. The molecule has 0 aromatic carbocycles. The summed E-state index contributed by atoms with van der Waals surface area (Å²) in [6.07, 6.45) is 3.06. The topological polar surface area (TPSA) is 63.2 Å². The summed E-state index contributed by atoms with van der Waals surface area (Å²) in [6.45, 7) is 33.7. The van der Waals surface area contributed by atoms with E-state index in [0.29, 0.717) is 13.2 Å². The van der Waals surface area contributed by atoms with Crippen molar-refractivity contribution in [2.45, 2.75) is 151 Å². The van der Waals surface area contributed by atoms with Crippen LogP contribution >= 0.6 is 22.6 Å². The quantitative estimate of drug-likeness (QED) is 0.0594. The van der Waals surface area contributed by atoms with Gasteiger partial charge in [0.2, 0.25) is 0 Å². The molecule has 0 fully saturated rings. The van der Waals surface area contributed by atoms with Crippen LogP contribution in [0.4, 0.5) is 0 Å². The number of carbonyl (C=O) groups excluding carboxylic acids is 1. The standard InChI is InChI=1S/C32H63IO6/c1-23(2)35-18-16-29(9,10)26(5)39-24(3)22-30(11,12)32(15,33)38-19-17-31(13,14)37-21-20-36-27(34)25(4)28(6,7)8/h23-26H,16-22H2,1-15H3. The van der Waals surface area contributed by atoms with E-state index in [4.69, 9.17) is 23.7 Å². The Hall–Kier alpha value is 0.0400. The Kier molecular flexibility index (Phi) is 16.1. The van der Waals surface area contributed by atoms with Crippen LogP contribution in [0.15, 0.2) is 0 Å². The summed E-state index contributed by atoms with van der Waals surface area (Å²) >= 11 is 2.44. The van der Waals surface area contributed by atoms with E-state index in [1.807, 2.05) is 27.7 Å². The van der Waals surface area contributed by atoms with E-state index in [-0.39, 0.29) is 62.3 Å². The lowest BCUT2D eigenvalue weighted by Crippen LogP contribution is -2.43. The van der Waals surface area contributed by atoms with Crippen LogP contribution < -0.4 is 0 Å². The van der Waals surface area contributed by atoms with Crippen molar-refractivity contribution in [2.75, 3.05) is 26.4 Å². The van der Waals surface area contributed by atoms with Crippen molar-refractivity contribution < 1.29 is 28.5 Å². The lowest BCUT2D eigenvalue weighted by molar-refractivity contribution is -0.155. The minimum atomic E-state index is -0.379. The molecule has 0 radical (unpaired) electrons. The second kappa shape index (κ2) is 16.0. The summed E-state index contributed by atoms with van der Waals surface area (Å²) in [6, 6.07) is 0. The van der Waals surface area contributed by atoms with Gasteiger partial charge in [0.1, 0.15) is 10.2 Å². The van der Waals surface area contributed by atoms with Crippen molar-refractivity contribution in [1.82, 2.24) is 0 Å². The molecule has 4 unspecified atom stereocenters. The van der Waals surface area contributed by atoms with Gasteiger partial charge in [0.05, 0.1) is 43.0 Å². The van der Waals surface area contributed by atoms with E-state index < -0.39 is 0 Å². The molecular weight excluding hydrogens is 607 g/mol. The number of ether oxygens (including phenoxy) is 5. The van der Waals surface area contributed by atoms with Gasteiger partial charge in [0, 0.05) is 12.0 Å². The largest absolute Gasteiger partial charge is 0.463 e. The Morgan fingerprint density at radius 1 is 0.744 bits per heavy atom. The Morgan fingerprint density at radius 3 is 1.82 bits per heavy atom. The SMILES string of the molecule is CC(C)OCCC(C)(C)C(C)OC(C)CC(C)(C)C(C)(I)OCCC(C)(C)OCCOC(=O)C(C)C(C)(C)C. The van der Waals surface area contributed by atoms with Crippen LogP contribution in [0.5, 0.6) is 0 Å². The smallest absolute Gasteiger partial charge is 0.309 e. The molecule has 0 rings (SSSR count). The van der Waals surface area contributed by atoms with Gasteiger partial charge < -0.3 is 23.7 Å². The highest BCUT2D eigenvalue weighted by Gasteiger charge is 2.42. The molecule has 0 aliphatic heterocycles. The molecule has 0 bridgehead atoms. The maximum Gasteiger partial charge on any atom is 0.309 e. The average Bonchev–Trinajstić information content (AvgIpc) is 2.74. The molecule has 0 heterocycles. The third-order valence-corrected chi connectivity index (χ3v) is 10.1. The zero-order chi connectivity index (χ0) is 30.9. The highest BCUT2D eigenvalue weighted by Crippen LogP contribution is 2.44. The molecule has 234 valence electrons. The van der Waals surface area contributed by atoms with Crippen LogP contribution in [0.1, 0.15) is 123 Å². The van der Waals surface area contributed by atoms with Crippen LogP contribution in [0.25, 0.3) is 0 Å². The summed E-state index contributed by atoms with van der Waals surface area (Å²) in [5.74, 6) is -0.331. The van der Waals surface area contributed by atoms with Gasteiger partial charge in [0.25, 0.3) is 0 Å². The predicted octanol–water partition coefficient (Wildman–Crippen LogP) is 8.62. The van der Waals surface area contributed by atoms with Crippen LogP contribution in [-0.2, 0) is 28.5 Å². The summed E-state index contributed by atoms with van der Waals surface area (Å²) in [5.41, 5.74) is -0.571. The number of alkyl halides is 1. The summed E-state index contributed by atoms with van der Waals surface area (Å²) < 4.78 is 29.8. The lowest BCUT2D eigenvalue weighted by Gasteiger charge is -2.43. The normalized spacial score (nSPS) is 17.6. The second-order valence-corrected chi connectivity index (χ2v) is 16.8. The Bertz CT molecular complexity index is 708. The van der Waals surface area contributed by atoms with Gasteiger partial charge in [-0.2, -0.15) is 0 Å². The molecule has 0 aliphatic rings. The van der Waals surface area contributed by atoms with E-state index >= 15 is 0 Å². The highest BCUT2D eigenvalue weighted by atomic mass is 127. The Labute approximate surface area is 255 Å². The number of carbonyl (C=O) groups is 1. The average molecular weight is 671 g/mol. The number of esters is 1. The molecule has 39 heavy (non-hydrogen) atoms. The first-order valence-corrected chi connectivity index (χ1v) is 15.9. The van der Waals surface area contributed by atoms with Crippen molar-refractivity contribution in [1.29, 1.82) is 0 Å². The van der Waals surface area contributed by atoms with Gasteiger partial charge in [-0.1, -0.05) is 55.4 Å². The minimum absolute atomic E-state index is 0.0339. The molecule has 0 aromatic heterocycles. The van der Waals surface area contributed by atoms with E-state index in [0.717, 1.165) is 25.9 Å². The molecule has 0 aliphatic carbocycles.